The van der Waals surface area contributed by atoms with E-state index >= 15 is 0 Å². The highest BCUT2D eigenvalue weighted by molar-refractivity contribution is 7.89. The summed E-state index contributed by atoms with van der Waals surface area (Å²) >= 11 is 5.88. The number of ether oxygens (including phenoxy) is 1. The Hall–Kier alpha value is -3.07. The predicted molar refractivity (Wildman–Crippen MR) is 135 cm³/mol. The zero-order chi connectivity index (χ0) is 24.3. The maximum Gasteiger partial charge on any atom is 0.255 e. The minimum Gasteiger partial charge on any atom is -0.495 e. The molecule has 0 saturated carbocycles. The SMILES string of the molecule is COc1ccccc1N1CCN(S(=O)(=O)c2ccc(NC(=O)c3ccc(Cl)cc3)c(C)c2)CC1. The molecule has 3 aromatic carbocycles. The molecule has 1 fully saturated rings. The number of carbonyl (C=O) groups excluding carboxylic acids is 1. The molecule has 1 saturated heterocycles. The molecule has 0 spiro atoms. The van der Waals surface area contributed by atoms with Crippen LogP contribution in [0.1, 0.15) is 15.9 Å². The van der Waals surface area contributed by atoms with Gasteiger partial charge in [0.1, 0.15) is 5.75 Å². The predicted octanol–water partition coefficient (Wildman–Crippen LogP) is 4.42. The number of carbonyl (C=O) groups is 1. The van der Waals surface area contributed by atoms with E-state index in [-0.39, 0.29) is 10.8 Å². The Balaban J connectivity index is 1.45. The largest absolute Gasteiger partial charge is 0.495 e. The first-order chi connectivity index (χ1) is 16.3. The summed E-state index contributed by atoms with van der Waals surface area (Å²) in [6.07, 6.45) is 0. The van der Waals surface area contributed by atoms with Crippen LogP contribution in [0.4, 0.5) is 11.4 Å². The molecule has 0 atom stereocenters. The van der Waals surface area contributed by atoms with Crippen LogP contribution >= 0.6 is 11.6 Å². The quantitative estimate of drug-likeness (QED) is 0.543. The Labute approximate surface area is 205 Å². The molecular weight excluding hydrogens is 474 g/mol. The van der Waals surface area contributed by atoms with E-state index in [4.69, 9.17) is 16.3 Å². The van der Waals surface area contributed by atoms with Crippen molar-refractivity contribution in [2.45, 2.75) is 11.8 Å². The van der Waals surface area contributed by atoms with Crippen molar-refractivity contribution in [1.82, 2.24) is 4.31 Å². The van der Waals surface area contributed by atoms with Gasteiger partial charge in [-0.2, -0.15) is 4.31 Å². The van der Waals surface area contributed by atoms with Crippen LogP contribution in [0.5, 0.6) is 5.75 Å². The number of piperazine rings is 1. The van der Waals surface area contributed by atoms with Crippen molar-refractivity contribution in [3.05, 3.63) is 82.9 Å². The van der Waals surface area contributed by atoms with Crippen LogP contribution < -0.4 is 15.0 Å². The minimum atomic E-state index is -3.66. The number of anilines is 2. The second-order valence-corrected chi connectivity index (χ2v) is 10.4. The maximum absolute atomic E-state index is 13.3. The molecule has 1 heterocycles. The number of sulfonamides is 1. The molecule has 0 aliphatic carbocycles. The standard InChI is InChI=1S/C25H26ClN3O4S/c1-18-17-21(11-12-22(18)27-25(30)19-7-9-20(26)10-8-19)34(31,32)29-15-13-28(14-16-29)23-5-3-4-6-24(23)33-2/h3-12,17H,13-16H2,1-2H3,(H,27,30). The van der Waals surface area contributed by atoms with E-state index in [1.807, 2.05) is 24.3 Å². The summed E-state index contributed by atoms with van der Waals surface area (Å²) in [7, 11) is -2.03. The average Bonchev–Trinajstić information content (AvgIpc) is 2.85. The number of para-hydroxylation sites is 2. The summed E-state index contributed by atoms with van der Waals surface area (Å²) in [5.74, 6) is 0.480. The Morgan fingerprint density at radius 1 is 0.971 bits per heavy atom. The molecule has 0 aromatic heterocycles. The van der Waals surface area contributed by atoms with Gasteiger partial charge >= 0.3 is 0 Å². The van der Waals surface area contributed by atoms with Crippen LogP contribution in [-0.4, -0.2) is 51.9 Å². The van der Waals surface area contributed by atoms with E-state index in [0.29, 0.717) is 48.0 Å². The first-order valence-electron chi connectivity index (χ1n) is 10.9. The highest BCUT2D eigenvalue weighted by Crippen LogP contribution is 2.30. The molecule has 0 unspecified atom stereocenters. The Morgan fingerprint density at radius 3 is 2.29 bits per heavy atom. The van der Waals surface area contributed by atoms with Crippen LogP contribution in [0.2, 0.25) is 5.02 Å². The van der Waals surface area contributed by atoms with Crippen molar-refractivity contribution in [3.63, 3.8) is 0 Å². The van der Waals surface area contributed by atoms with Crippen molar-refractivity contribution < 1.29 is 17.9 Å². The van der Waals surface area contributed by atoms with E-state index in [9.17, 15) is 13.2 Å². The lowest BCUT2D eigenvalue weighted by Crippen LogP contribution is -2.48. The number of halogens is 1. The van der Waals surface area contributed by atoms with Crippen molar-refractivity contribution >= 4 is 38.9 Å². The summed E-state index contributed by atoms with van der Waals surface area (Å²) in [6.45, 7) is 3.64. The number of methoxy groups -OCH3 is 1. The van der Waals surface area contributed by atoms with E-state index in [0.717, 1.165) is 11.4 Å². The molecule has 1 aliphatic rings. The van der Waals surface area contributed by atoms with E-state index in [2.05, 4.69) is 10.2 Å². The molecule has 0 bridgehead atoms. The van der Waals surface area contributed by atoms with Crippen molar-refractivity contribution in [3.8, 4) is 5.75 Å². The number of amides is 1. The molecule has 3 aromatic rings. The first kappa shape index (κ1) is 24.1. The molecule has 34 heavy (non-hydrogen) atoms. The molecule has 7 nitrogen and oxygen atoms in total. The van der Waals surface area contributed by atoms with Crippen molar-refractivity contribution in [2.24, 2.45) is 0 Å². The number of nitrogens with zero attached hydrogens (tertiary/aromatic N) is 2. The lowest BCUT2D eigenvalue weighted by atomic mass is 10.1. The number of nitrogens with one attached hydrogen (secondary N) is 1. The van der Waals surface area contributed by atoms with Gasteiger partial charge in [-0.25, -0.2) is 8.42 Å². The second-order valence-electron chi connectivity index (χ2n) is 8.00. The first-order valence-corrected chi connectivity index (χ1v) is 12.7. The fourth-order valence-electron chi connectivity index (χ4n) is 3.94. The van der Waals surface area contributed by atoms with E-state index in [1.165, 1.54) is 10.4 Å². The summed E-state index contributed by atoms with van der Waals surface area (Å²) in [5.41, 5.74) is 2.64. The molecular formula is C25H26ClN3O4S. The Kier molecular flexibility index (Phi) is 7.11. The fraction of sp³-hybridized carbons (Fsp3) is 0.240. The smallest absolute Gasteiger partial charge is 0.255 e. The monoisotopic (exact) mass is 499 g/mol. The Bertz CT molecular complexity index is 1290. The number of benzene rings is 3. The van der Waals surface area contributed by atoms with Crippen LogP contribution in [0.25, 0.3) is 0 Å². The summed E-state index contributed by atoms with van der Waals surface area (Å²) in [6, 6.07) is 19.0. The van der Waals surface area contributed by atoms with Crippen LogP contribution in [0.3, 0.4) is 0 Å². The van der Waals surface area contributed by atoms with Gasteiger partial charge in [0.05, 0.1) is 17.7 Å². The van der Waals surface area contributed by atoms with Gasteiger partial charge in [0.25, 0.3) is 5.91 Å². The summed E-state index contributed by atoms with van der Waals surface area (Å²) < 4.78 is 33.5. The van der Waals surface area contributed by atoms with Gasteiger partial charge in [-0.1, -0.05) is 23.7 Å². The second kappa shape index (κ2) is 10.0. The molecule has 1 N–H and O–H groups in total. The maximum atomic E-state index is 13.3. The summed E-state index contributed by atoms with van der Waals surface area (Å²) in [5, 5.41) is 3.38. The minimum absolute atomic E-state index is 0.209. The number of rotatable bonds is 6. The van der Waals surface area contributed by atoms with Gasteiger partial charge in [0.15, 0.2) is 0 Å². The third kappa shape index (κ3) is 5.04. The molecule has 4 rings (SSSR count). The molecule has 1 amide bonds. The highest BCUT2D eigenvalue weighted by atomic mass is 35.5. The molecule has 178 valence electrons. The summed E-state index contributed by atoms with van der Waals surface area (Å²) in [4.78, 5) is 14.8. The van der Waals surface area contributed by atoms with E-state index < -0.39 is 10.0 Å². The fourth-order valence-corrected chi connectivity index (χ4v) is 5.58. The topological polar surface area (TPSA) is 79.0 Å². The van der Waals surface area contributed by atoms with Gasteiger partial charge in [-0.05, 0) is 67.1 Å². The highest BCUT2D eigenvalue weighted by Gasteiger charge is 2.29. The average molecular weight is 500 g/mol. The number of aryl methyl sites for hydroxylation is 1. The third-order valence-corrected chi connectivity index (χ3v) is 8.00. The third-order valence-electron chi connectivity index (χ3n) is 5.85. The van der Waals surface area contributed by atoms with Gasteiger partial charge in [0, 0.05) is 42.5 Å². The lowest BCUT2D eigenvalue weighted by molar-refractivity contribution is 0.102. The van der Waals surface area contributed by atoms with Crippen LogP contribution in [0.15, 0.2) is 71.6 Å². The lowest BCUT2D eigenvalue weighted by Gasteiger charge is -2.36. The number of hydrogen-bond donors (Lipinski definition) is 1. The normalized spacial score (nSPS) is 14.6. The van der Waals surface area contributed by atoms with Crippen molar-refractivity contribution in [1.29, 1.82) is 0 Å². The van der Waals surface area contributed by atoms with Crippen LogP contribution in [-0.2, 0) is 10.0 Å². The van der Waals surface area contributed by atoms with Gasteiger partial charge < -0.3 is 15.0 Å². The van der Waals surface area contributed by atoms with Crippen molar-refractivity contribution in [2.75, 3.05) is 43.5 Å². The van der Waals surface area contributed by atoms with Gasteiger partial charge in [-0.3, -0.25) is 4.79 Å². The number of hydrogen-bond acceptors (Lipinski definition) is 5. The molecule has 9 heteroatoms. The molecule has 0 radical (unpaired) electrons. The molecule has 1 aliphatic heterocycles. The Morgan fingerprint density at radius 2 is 1.65 bits per heavy atom. The zero-order valence-electron chi connectivity index (χ0n) is 19.0. The van der Waals surface area contributed by atoms with Crippen LogP contribution in [0, 0.1) is 6.92 Å². The zero-order valence-corrected chi connectivity index (χ0v) is 20.6. The van der Waals surface area contributed by atoms with Gasteiger partial charge in [-0.15, -0.1) is 0 Å². The van der Waals surface area contributed by atoms with E-state index in [1.54, 1.807) is 50.4 Å². The van der Waals surface area contributed by atoms with Gasteiger partial charge in [0.2, 0.25) is 10.0 Å².